The summed E-state index contributed by atoms with van der Waals surface area (Å²) in [4.78, 5) is 24.8. The van der Waals surface area contributed by atoms with Crippen LogP contribution in [-0.4, -0.2) is 29.4 Å². The highest BCUT2D eigenvalue weighted by atomic mass is 32.1. The molecule has 2 heterocycles. The van der Waals surface area contributed by atoms with E-state index in [-0.39, 0.29) is 18.0 Å². The average molecular weight is 254 g/mol. The van der Waals surface area contributed by atoms with Crippen LogP contribution in [0.5, 0.6) is 0 Å². The van der Waals surface area contributed by atoms with Crippen LogP contribution in [0, 0.1) is 6.92 Å². The van der Waals surface area contributed by atoms with Gasteiger partial charge in [0.25, 0.3) is 5.91 Å². The Hall–Kier alpha value is -1.36. The molecule has 1 aliphatic rings. The molecule has 2 rings (SSSR count). The molecule has 1 aromatic heterocycles. The lowest BCUT2D eigenvalue weighted by molar-refractivity contribution is -0.127. The van der Waals surface area contributed by atoms with Crippen LogP contribution in [0.1, 0.15) is 25.1 Å². The zero-order valence-corrected chi connectivity index (χ0v) is 11.2. The molecular formula is C12H18N2O2S. The second kappa shape index (κ2) is 6.39. The predicted octanol–water partition coefficient (Wildman–Crippen LogP) is 2.39. The lowest BCUT2D eigenvalue weighted by atomic mass is 10.2. The first-order valence-corrected chi connectivity index (χ1v) is 6.60. The van der Waals surface area contributed by atoms with Gasteiger partial charge < -0.3 is 5.32 Å². The fourth-order valence-electron chi connectivity index (χ4n) is 1.51. The number of aryl methyl sites for hydroxylation is 1. The van der Waals surface area contributed by atoms with Crippen molar-refractivity contribution in [2.75, 3.05) is 6.54 Å². The van der Waals surface area contributed by atoms with Gasteiger partial charge in [-0.05, 0) is 31.7 Å². The summed E-state index contributed by atoms with van der Waals surface area (Å²) in [5, 5.41) is 4.67. The standard InChI is InChI=1S/C7H12N2O2.C5H6S/c1-3-5-6(10)9(4-2)7(11)8-5;1-5-3-2-4-6-5/h5H,3-4H2,1-2H3,(H,8,11);2-4H,1H3. The number of carbonyl (C=O) groups excluding carboxylic acids is 2. The largest absolute Gasteiger partial charge is 0.326 e. The number of rotatable bonds is 2. The summed E-state index contributed by atoms with van der Waals surface area (Å²) in [5.74, 6) is -0.0972. The van der Waals surface area contributed by atoms with Crippen molar-refractivity contribution in [2.24, 2.45) is 0 Å². The molecule has 5 heteroatoms. The van der Waals surface area contributed by atoms with Crippen LogP contribution in [-0.2, 0) is 4.79 Å². The van der Waals surface area contributed by atoms with Gasteiger partial charge in [0.1, 0.15) is 6.04 Å². The van der Waals surface area contributed by atoms with E-state index in [1.54, 1.807) is 18.3 Å². The maximum Gasteiger partial charge on any atom is 0.324 e. The third-order valence-corrected chi connectivity index (χ3v) is 3.30. The Labute approximate surface area is 106 Å². The fraction of sp³-hybridized carbons (Fsp3) is 0.500. The second-order valence-corrected chi connectivity index (χ2v) is 4.87. The van der Waals surface area contributed by atoms with Gasteiger partial charge in [-0.1, -0.05) is 13.0 Å². The Morgan fingerprint density at radius 2 is 2.12 bits per heavy atom. The van der Waals surface area contributed by atoms with E-state index in [2.05, 4.69) is 29.8 Å². The number of imide groups is 1. The number of nitrogens with one attached hydrogen (secondary N) is 1. The molecule has 0 radical (unpaired) electrons. The molecule has 94 valence electrons. The smallest absolute Gasteiger partial charge is 0.324 e. The van der Waals surface area contributed by atoms with Gasteiger partial charge >= 0.3 is 6.03 Å². The highest BCUT2D eigenvalue weighted by molar-refractivity contribution is 7.09. The third-order valence-electron chi connectivity index (χ3n) is 2.49. The van der Waals surface area contributed by atoms with Gasteiger partial charge in [0, 0.05) is 11.4 Å². The Balaban J connectivity index is 0.000000202. The highest BCUT2D eigenvalue weighted by Crippen LogP contribution is 2.07. The first-order valence-electron chi connectivity index (χ1n) is 5.72. The SMILES string of the molecule is CCC1NC(=O)N(CC)C1=O.Cc1cccs1. The molecule has 1 aromatic rings. The molecule has 0 spiro atoms. The van der Waals surface area contributed by atoms with Gasteiger partial charge in [0.05, 0.1) is 0 Å². The number of urea groups is 1. The summed E-state index contributed by atoms with van der Waals surface area (Å²) in [6.07, 6.45) is 0.668. The van der Waals surface area contributed by atoms with E-state index >= 15 is 0 Å². The predicted molar refractivity (Wildman–Crippen MR) is 69.1 cm³/mol. The van der Waals surface area contributed by atoms with Crippen LogP contribution in [0.4, 0.5) is 4.79 Å². The molecule has 3 amide bonds. The minimum atomic E-state index is -0.289. The first-order chi connectivity index (χ1) is 8.10. The molecule has 1 saturated heterocycles. The van der Waals surface area contributed by atoms with Gasteiger partial charge in [0.2, 0.25) is 0 Å². The van der Waals surface area contributed by atoms with Crippen molar-refractivity contribution in [3.8, 4) is 0 Å². The molecule has 1 aliphatic heterocycles. The summed E-state index contributed by atoms with van der Waals surface area (Å²) >= 11 is 1.78. The molecule has 0 bridgehead atoms. The van der Waals surface area contributed by atoms with Gasteiger partial charge in [-0.25, -0.2) is 4.79 Å². The van der Waals surface area contributed by atoms with Gasteiger partial charge in [-0.3, -0.25) is 9.69 Å². The summed E-state index contributed by atoms with van der Waals surface area (Å²) in [6.45, 7) is 6.23. The van der Waals surface area contributed by atoms with Crippen molar-refractivity contribution in [3.63, 3.8) is 0 Å². The minimum absolute atomic E-state index is 0.0972. The Morgan fingerprint density at radius 1 is 1.41 bits per heavy atom. The fourth-order valence-corrected chi connectivity index (χ4v) is 2.04. The second-order valence-electron chi connectivity index (χ2n) is 3.72. The first kappa shape index (κ1) is 13.7. The summed E-state index contributed by atoms with van der Waals surface area (Å²) in [6, 6.07) is 3.61. The van der Waals surface area contributed by atoms with Crippen LogP contribution >= 0.6 is 11.3 Å². The molecule has 1 N–H and O–H groups in total. The molecule has 0 saturated carbocycles. The Kier molecular flexibility index (Phi) is 5.15. The number of thiophene rings is 1. The van der Waals surface area contributed by atoms with E-state index in [9.17, 15) is 9.59 Å². The number of hydrogen-bond donors (Lipinski definition) is 1. The van der Waals surface area contributed by atoms with E-state index in [1.807, 2.05) is 6.92 Å². The summed E-state index contributed by atoms with van der Waals surface area (Å²) in [5.41, 5.74) is 0. The van der Waals surface area contributed by atoms with Crippen molar-refractivity contribution in [2.45, 2.75) is 33.2 Å². The van der Waals surface area contributed by atoms with E-state index in [0.717, 1.165) is 0 Å². The van der Waals surface area contributed by atoms with E-state index in [4.69, 9.17) is 0 Å². The van der Waals surface area contributed by atoms with E-state index in [0.29, 0.717) is 13.0 Å². The van der Waals surface area contributed by atoms with Crippen LogP contribution in [0.3, 0.4) is 0 Å². The molecule has 17 heavy (non-hydrogen) atoms. The third kappa shape index (κ3) is 3.56. The quantitative estimate of drug-likeness (QED) is 0.824. The zero-order valence-electron chi connectivity index (χ0n) is 10.4. The Morgan fingerprint density at radius 3 is 2.35 bits per heavy atom. The Bertz CT molecular complexity index is 376. The number of nitrogens with zero attached hydrogens (tertiary/aromatic N) is 1. The maximum absolute atomic E-state index is 11.2. The van der Waals surface area contributed by atoms with Crippen LogP contribution in [0.2, 0.25) is 0 Å². The van der Waals surface area contributed by atoms with Gasteiger partial charge in [-0.15, -0.1) is 11.3 Å². The molecule has 0 aliphatic carbocycles. The van der Waals surface area contributed by atoms with Crippen molar-refractivity contribution in [3.05, 3.63) is 22.4 Å². The topological polar surface area (TPSA) is 49.4 Å². The molecular weight excluding hydrogens is 236 g/mol. The number of amides is 3. The summed E-state index contributed by atoms with van der Waals surface area (Å²) < 4.78 is 0. The van der Waals surface area contributed by atoms with Crippen LogP contribution in [0.15, 0.2) is 17.5 Å². The monoisotopic (exact) mass is 254 g/mol. The average Bonchev–Trinajstić information content (AvgIpc) is 2.87. The number of hydrogen-bond acceptors (Lipinski definition) is 3. The molecule has 1 atom stereocenters. The molecule has 4 nitrogen and oxygen atoms in total. The summed E-state index contributed by atoms with van der Waals surface area (Å²) in [7, 11) is 0. The van der Waals surface area contributed by atoms with Gasteiger partial charge in [-0.2, -0.15) is 0 Å². The van der Waals surface area contributed by atoms with Crippen molar-refractivity contribution < 1.29 is 9.59 Å². The lowest BCUT2D eigenvalue weighted by Crippen LogP contribution is -2.30. The van der Waals surface area contributed by atoms with Crippen molar-refractivity contribution in [1.29, 1.82) is 0 Å². The highest BCUT2D eigenvalue weighted by Gasteiger charge is 2.35. The lowest BCUT2D eigenvalue weighted by Gasteiger charge is -2.07. The number of likely N-dealkylation sites (N-methyl/N-ethyl adjacent to an activating group) is 1. The van der Waals surface area contributed by atoms with Gasteiger partial charge in [0.15, 0.2) is 0 Å². The minimum Gasteiger partial charge on any atom is -0.326 e. The maximum atomic E-state index is 11.2. The molecule has 0 aromatic carbocycles. The molecule has 1 unspecified atom stereocenters. The van der Waals surface area contributed by atoms with E-state index < -0.39 is 0 Å². The van der Waals surface area contributed by atoms with Crippen molar-refractivity contribution in [1.82, 2.24) is 10.2 Å². The van der Waals surface area contributed by atoms with Crippen LogP contribution in [0.25, 0.3) is 0 Å². The van der Waals surface area contributed by atoms with Crippen LogP contribution < -0.4 is 5.32 Å². The molecule has 1 fully saturated rings. The van der Waals surface area contributed by atoms with Crippen molar-refractivity contribution >= 4 is 23.3 Å². The number of carbonyl (C=O) groups is 2. The van der Waals surface area contributed by atoms with E-state index in [1.165, 1.54) is 9.78 Å². The zero-order chi connectivity index (χ0) is 12.8. The normalized spacial score (nSPS) is 18.8.